The van der Waals surface area contributed by atoms with Gasteiger partial charge in [0.2, 0.25) is 0 Å². The maximum Gasteiger partial charge on any atom is 2.00 e. The minimum absolute atomic E-state index is 0. The fourth-order valence-electron chi connectivity index (χ4n) is 1.41. The average molecular weight is 213 g/mol. The van der Waals surface area contributed by atoms with E-state index in [2.05, 4.69) is 6.92 Å². The van der Waals surface area contributed by atoms with E-state index in [-0.39, 0.29) is 25.9 Å². The maximum atomic E-state index is 10.2. The number of aliphatic carboxylic acids is 1. The molecule has 3 heteroatoms. The van der Waals surface area contributed by atoms with Gasteiger partial charge < -0.3 is 7.96 Å². The molecule has 0 amide bonds. The number of carboxylic acids is 1. The molecule has 0 saturated carbocycles. The Morgan fingerprint density at radius 2 is 1.43 bits per heavy atom. The van der Waals surface area contributed by atoms with Gasteiger partial charge in [-0.25, -0.2) is 0 Å². The zero-order valence-electron chi connectivity index (χ0n) is 11.4. The molecule has 0 aromatic rings. The van der Waals surface area contributed by atoms with Crippen LogP contribution in [0.3, 0.4) is 0 Å². The summed E-state index contributed by atoms with van der Waals surface area (Å²) < 4.78 is 0. The van der Waals surface area contributed by atoms with E-state index in [0.717, 1.165) is 12.8 Å². The molecule has 0 aliphatic carbocycles. The fourth-order valence-corrected chi connectivity index (χ4v) is 1.41. The Bertz CT molecular complexity index is 135. The van der Waals surface area contributed by atoms with Gasteiger partial charge in [0.1, 0.15) is 0 Å². The molecule has 1 N–H and O–H groups in total. The van der Waals surface area contributed by atoms with E-state index >= 15 is 0 Å². The van der Waals surface area contributed by atoms with Gasteiger partial charge in [0.25, 0.3) is 0 Å². The molecule has 0 unspecified atom stereocenters. The van der Waals surface area contributed by atoms with Crippen LogP contribution in [0.1, 0.15) is 67.6 Å². The van der Waals surface area contributed by atoms with Gasteiger partial charge in [-0.15, -0.1) is 0 Å². The van der Waals surface area contributed by atoms with Crippen molar-refractivity contribution >= 4 is 29.0 Å². The summed E-state index contributed by atoms with van der Waals surface area (Å²) in [6.07, 6.45) is 10.1. The van der Waals surface area contributed by atoms with Gasteiger partial charge in [-0.05, 0) is 6.42 Å². The summed E-state index contributed by atoms with van der Waals surface area (Å²) in [4.78, 5) is 10.2. The minimum Gasteiger partial charge on any atom is -1.00 e. The van der Waals surface area contributed by atoms with Gasteiger partial charge in [0.05, 0.1) is 0 Å². The molecule has 82 valence electrons. The Labute approximate surface area is 107 Å². The van der Waals surface area contributed by atoms with E-state index in [1.807, 2.05) is 0 Å². The summed E-state index contributed by atoms with van der Waals surface area (Å²) in [6.45, 7) is 2.22. The van der Waals surface area contributed by atoms with E-state index < -0.39 is 5.97 Å². The molecule has 0 heterocycles. The van der Waals surface area contributed by atoms with Crippen LogP contribution in [0.25, 0.3) is 0 Å². The maximum absolute atomic E-state index is 10.2. The summed E-state index contributed by atoms with van der Waals surface area (Å²) in [7, 11) is 0. The molecule has 0 saturated heterocycles. The SMILES string of the molecule is CCCCCCCCCCC(=O)O.[H-].[H-].[Mg+2]. The Morgan fingerprint density at radius 3 is 1.86 bits per heavy atom. The normalized spacial score (nSPS) is 9.50. The molecule has 0 aliphatic rings. The Morgan fingerprint density at radius 1 is 1.00 bits per heavy atom. The molecule has 2 nitrogen and oxygen atoms in total. The van der Waals surface area contributed by atoms with Crippen molar-refractivity contribution < 1.29 is 12.8 Å². The molecule has 0 radical (unpaired) electrons. The van der Waals surface area contributed by atoms with Gasteiger partial charge >= 0.3 is 29.0 Å². The van der Waals surface area contributed by atoms with Crippen molar-refractivity contribution in [3.8, 4) is 0 Å². The van der Waals surface area contributed by atoms with Gasteiger partial charge in [0, 0.05) is 6.42 Å². The standard InChI is InChI=1S/C11H22O2.Mg.2H/c1-2-3-4-5-6-7-8-9-10-11(12)13;;;/h2-10H2,1H3,(H,12,13);;;/q;+2;2*-1. The molecular weight excluding hydrogens is 188 g/mol. The van der Waals surface area contributed by atoms with E-state index in [4.69, 9.17) is 5.11 Å². The summed E-state index contributed by atoms with van der Waals surface area (Å²) in [5.41, 5.74) is 0. The molecule has 14 heavy (non-hydrogen) atoms. The van der Waals surface area contributed by atoms with E-state index in [0.29, 0.717) is 6.42 Å². The molecule has 0 rings (SSSR count). The summed E-state index contributed by atoms with van der Waals surface area (Å²) >= 11 is 0. The van der Waals surface area contributed by atoms with Crippen LogP contribution in [0.5, 0.6) is 0 Å². The Balaban J connectivity index is -0.000000240. The predicted octanol–water partition coefficient (Wildman–Crippen LogP) is 3.45. The van der Waals surface area contributed by atoms with Crippen molar-refractivity contribution in [2.75, 3.05) is 0 Å². The van der Waals surface area contributed by atoms with Gasteiger partial charge in [0.15, 0.2) is 0 Å². The first kappa shape index (κ1) is 16.7. The number of carboxylic acid groups (broad SMARTS) is 1. The number of hydrogen-bond acceptors (Lipinski definition) is 1. The van der Waals surface area contributed by atoms with Crippen LogP contribution in [-0.4, -0.2) is 34.1 Å². The van der Waals surface area contributed by atoms with Crippen LogP contribution in [0.15, 0.2) is 0 Å². The number of carbonyl (C=O) groups is 1. The van der Waals surface area contributed by atoms with Crippen molar-refractivity contribution in [1.29, 1.82) is 0 Å². The third kappa shape index (κ3) is 14.7. The summed E-state index contributed by atoms with van der Waals surface area (Å²) in [5, 5.41) is 8.39. The van der Waals surface area contributed by atoms with Crippen molar-refractivity contribution in [3.05, 3.63) is 0 Å². The first-order chi connectivity index (χ1) is 6.27. The minimum atomic E-state index is -0.661. The van der Waals surface area contributed by atoms with Crippen LogP contribution in [0, 0.1) is 0 Å². The molecular formula is C11H24MgO2. The quantitative estimate of drug-likeness (QED) is 0.470. The molecule has 0 aromatic carbocycles. The Hall–Kier alpha value is 0.236. The molecule has 0 aromatic heterocycles. The monoisotopic (exact) mass is 212 g/mol. The van der Waals surface area contributed by atoms with Gasteiger partial charge in [-0.3, -0.25) is 4.79 Å². The van der Waals surface area contributed by atoms with Crippen molar-refractivity contribution in [1.82, 2.24) is 0 Å². The second kappa shape index (κ2) is 13.2. The second-order valence-corrected chi connectivity index (χ2v) is 3.62. The van der Waals surface area contributed by atoms with Crippen LogP contribution < -0.4 is 0 Å². The van der Waals surface area contributed by atoms with Crippen LogP contribution in [0.4, 0.5) is 0 Å². The van der Waals surface area contributed by atoms with Gasteiger partial charge in [-0.2, -0.15) is 0 Å². The first-order valence-electron chi connectivity index (χ1n) is 5.49. The molecule has 0 bridgehead atoms. The largest absolute Gasteiger partial charge is 2.00 e. The second-order valence-electron chi connectivity index (χ2n) is 3.62. The van der Waals surface area contributed by atoms with Gasteiger partial charge in [-0.1, -0.05) is 51.9 Å². The van der Waals surface area contributed by atoms with E-state index in [9.17, 15) is 4.79 Å². The molecule has 0 fully saturated rings. The zero-order valence-corrected chi connectivity index (χ0v) is 10.8. The number of hydrogen-bond donors (Lipinski definition) is 1. The fraction of sp³-hybridized carbons (Fsp3) is 0.909. The smallest absolute Gasteiger partial charge is 1.00 e. The zero-order chi connectivity index (χ0) is 9.94. The van der Waals surface area contributed by atoms with Crippen molar-refractivity contribution in [2.24, 2.45) is 0 Å². The van der Waals surface area contributed by atoms with E-state index in [1.165, 1.54) is 38.5 Å². The molecule has 0 aliphatic heterocycles. The van der Waals surface area contributed by atoms with Crippen LogP contribution >= 0.6 is 0 Å². The first-order valence-corrected chi connectivity index (χ1v) is 5.49. The molecule has 0 atom stereocenters. The van der Waals surface area contributed by atoms with Crippen LogP contribution in [0.2, 0.25) is 0 Å². The van der Waals surface area contributed by atoms with Crippen molar-refractivity contribution in [2.45, 2.75) is 64.7 Å². The topological polar surface area (TPSA) is 37.3 Å². The summed E-state index contributed by atoms with van der Waals surface area (Å²) in [5.74, 6) is -0.661. The number of rotatable bonds is 9. The average Bonchev–Trinajstić information content (AvgIpc) is 2.09. The predicted molar refractivity (Wildman–Crippen MR) is 62.8 cm³/mol. The van der Waals surface area contributed by atoms with E-state index in [1.54, 1.807) is 0 Å². The third-order valence-electron chi connectivity index (χ3n) is 2.24. The Kier molecular flexibility index (Phi) is 15.7. The third-order valence-corrected chi connectivity index (χ3v) is 2.24. The molecule has 0 spiro atoms. The number of unbranched alkanes of at least 4 members (excludes halogenated alkanes) is 7. The van der Waals surface area contributed by atoms with Crippen LogP contribution in [-0.2, 0) is 4.79 Å². The van der Waals surface area contributed by atoms with Crippen molar-refractivity contribution in [3.63, 3.8) is 0 Å². The summed E-state index contributed by atoms with van der Waals surface area (Å²) in [6, 6.07) is 0.